The van der Waals surface area contributed by atoms with E-state index in [2.05, 4.69) is 10.3 Å². The summed E-state index contributed by atoms with van der Waals surface area (Å²) in [6.45, 7) is 10.3. The lowest BCUT2D eigenvalue weighted by atomic mass is 9.89. The first kappa shape index (κ1) is 24.2. The minimum absolute atomic E-state index is 0.123. The van der Waals surface area contributed by atoms with E-state index in [1.54, 1.807) is 20.8 Å². The van der Waals surface area contributed by atoms with Crippen LogP contribution in [0.5, 0.6) is 0 Å². The summed E-state index contributed by atoms with van der Waals surface area (Å²) in [6.07, 6.45) is -0.310. The summed E-state index contributed by atoms with van der Waals surface area (Å²) in [7, 11) is 0. The zero-order valence-corrected chi connectivity index (χ0v) is 18.6. The molecule has 0 bridgehead atoms. The molecular weight excluding hydrogens is 406 g/mol. The summed E-state index contributed by atoms with van der Waals surface area (Å²) in [4.78, 5) is 28.7. The molecule has 0 spiro atoms. The molecule has 168 valence electrons. The Morgan fingerprint density at radius 3 is 2.23 bits per heavy atom. The van der Waals surface area contributed by atoms with Gasteiger partial charge in [-0.3, -0.25) is 4.98 Å². The molecule has 2 N–H and O–H groups in total. The molecule has 1 amide bonds. The molecule has 1 aromatic heterocycles. The summed E-state index contributed by atoms with van der Waals surface area (Å²) in [5.41, 5.74) is -0.793. The van der Waals surface area contributed by atoms with Gasteiger partial charge in [-0.2, -0.15) is 0 Å². The number of carbonyl (C=O) groups excluding carboxylic acids is 1. The quantitative estimate of drug-likeness (QED) is 0.648. The standard InChI is InChI=1S/C23H28F2N2O4/c1-12(2)10-17-14(11-26-22(30)31-23(4,5)6)19(18(21(28)29)13(3)27-17)20-15(24)8-7-9-16(20)25/h7-9,12H,10-11H2,1-6H3,(H,26,30)(H,28,29). The summed E-state index contributed by atoms with van der Waals surface area (Å²) < 4.78 is 34.7. The Balaban J connectivity index is 2.76. The van der Waals surface area contributed by atoms with Crippen molar-refractivity contribution in [1.82, 2.24) is 10.3 Å². The van der Waals surface area contributed by atoms with E-state index in [0.717, 1.165) is 12.1 Å². The van der Waals surface area contributed by atoms with Crippen LogP contribution in [0, 0.1) is 24.5 Å². The highest BCUT2D eigenvalue weighted by Crippen LogP contribution is 2.35. The highest BCUT2D eigenvalue weighted by atomic mass is 19.1. The lowest BCUT2D eigenvalue weighted by Crippen LogP contribution is -2.33. The smallest absolute Gasteiger partial charge is 0.407 e. The molecule has 0 atom stereocenters. The van der Waals surface area contributed by atoms with Crippen LogP contribution < -0.4 is 5.32 Å². The second kappa shape index (κ2) is 9.41. The number of alkyl carbamates (subject to hydrolysis) is 1. The number of benzene rings is 1. The van der Waals surface area contributed by atoms with Crippen LogP contribution in [0.1, 0.15) is 61.9 Å². The maximum atomic E-state index is 14.7. The molecule has 6 nitrogen and oxygen atoms in total. The molecule has 31 heavy (non-hydrogen) atoms. The number of hydrogen-bond donors (Lipinski definition) is 2. The van der Waals surface area contributed by atoms with Crippen LogP contribution in [0.25, 0.3) is 11.1 Å². The number of ether oxygens (including phenoxy) is 1. The van der Waals surface area contributed by atoms with Crippen molar-refractivity contribution in [2.45, 2.75) is 60.1 Å². The Labute approximate surface area is 180 Å². The van der Waals surface area contributed by atoms with E-state index in [4.69, 9.17) is 4.74 Å². The molecule has 1 aromatic carbocycles. The lowest BCUT2D eigenvalue weighted by molar-refractivity contribution is 0.0523. The summed E-state index contributed by atoms with van der Waals surface area (Å²) in [5, 5.41) is 12.4. The number of halogens is 2. The van der Waals surface area contributed by atoms with Gasteiger partial charge in [0.2, 0.25) is 0 Å². The second-order valence-electron chi connectivity index (χ2n) is 8.73. The fraction of sp³-hybridized carbons (Fsp3) is 0.435. The molecule has 1 heterocycles. The number of carbonyl (C=O) groups is 2. The van der Waals surface area contributed by atoms with E-state index in [1.807, 2.05) is 13.8 Å². The minimum Gasteiger partial charge on any atom is -0.478 e. The zero-order valence-electron chi connectivity index (χ0n) is 18.6. The van der Waals surface area contributed by atoms with Crippen molar-refractivity contribution in [1.29, 1.82) is 0 Å². The molecule has 0 aliphatic rings. The maximum Gasteiger partial charge on any atom is 0.407 e. The molecule has 0 aliphatic carbocycles. The van der Waals surface area contributed by atoms with Crippen molar-refractivity contribution in [3.63, 3.8) is 0 Å². The average Bonchev–Trinajstić information content (AvgIpc) is 2.58. The number of amides is 1. The Morgan fingerprint density at radius 2 is 1.74 bits per heavy atom. The zero-order chi connectivity index (χ0) is 23.5. The highest BCUT2D eigenvalue weighted by molar-refractivity contribution is 5.98. The predicted octanol–water partition coefficient (Wildman–Crippen LogP) is 5.26. The van der Waals surface area contributed by atoms with Crippen molar-refractivity contribution >= 4 is 12.1 Å². The normalized spacial score (nSPS) is 11.5. The van der Waals surface area contributed by atoms with Crippen molar-refractivity contribution in [3.05, 3.63) is 52.3 Å². The first-order valence-electron chi connectivity index (χ1n) is 9.98. The van der Waals surface area contributed by atoms with E-state index in [1.165, 1.54) is 13.0 Å². The van der Waals surface area contributed by atoms with Crippen LogP contribution in [0.3, 0.4) is 0 Å². The van der Waals surface area contributed by atoms with Crippen LogP contribution in [0.15, 0.2) is 18.2 Å². The van der Waals surface area contributed by atoms with Gasteiger partial charge in [0.15, 0.2) is 0 Å². The largest absolute Gasteiger partial charge is 0.478 e. The first-order chi connectivity index (χ1) is 14.3. The van der Waals surface area contributed by atoms with Crippen LogP contribution >= 0.6 is 0 Å². The molecule has 0 unspecified atom stereocenters. The van der Waals surface area contributed by atoms with Gasteiger partial charge < -0.3 is 15.2 Å². The Kier molecular flexibility index (Phi) is 7.36. The van der Waals surface area contributed by atoms with E-state index in [-0.39, 0.29) is 34.8 Å². The Bertz CT molecular complexity index is 978. The number of rotatable bonds is 6. The number of aryl methyl sites for hydroxylation is 1. The molecule has 0 fully saturated rings. The molecule has 2 rings (SSSR count). The van der Waals surface area contributed by atoms with Gasteiger partial charge in [-0.25, -0.2) is 18.4 Å². The molecule has 0 radical (unpaired) electrons. The Morgan fingerprint density at radius 1 is 1.16 bits per heavy atom. The van der Waals surface area contributed by atoms with Gasteiger partial charge in [-0.1, -0.05) is 19.9 Å². The van der Waals surface area contributed by atoms with Crippen molar-refractivity contribution in [2.24, 2.45) is 5.92 Å². The number of aromatic carboxylic acids is 1. The summed E-state index contributed by atoms with van der Waals surface area (Å²) in [5.74, 6) is -3.04. The first-order valence-corrected chi connectivity index (χ1v) is 9.98. The number of hydrogen-bond acceptors (Lipinski definition) is 4. The molecule has 2 aromatic rings. The lowest BCUT2D eigenvalue weighted by Gasteiger charge is -2.23. The van der Waals surface area contributed by atoms with Gasteiger partial charge in [0, 0.05) is 23.4 Å². The number of carboxylic acid groups (broad SMARTS) is 1. The van der Waals surface area contributed by atoms with Crippen LogP contribution in [0.2, 0.25) is 0 Å². The van der Waals surface area contributed by atoms with Gasteiger partial charge in [0.25, 0.3) is 0 Å². The van der Waals surface area contributed by atoms with Crippen molar-refractivity contribution < 1.29 is 28.2 Å². The molecular formula is C23H28F2N2O4. The third-order valence-electron chi connectivity index (χ3n) is 4.40. The highest BCUT2D eigenvalue weighted by Gasteiger charge is 2.28. The Hall–Kier alpha value is -3.03. The van der Waals surface area contributed by atoms with Crippen LogP contribution in [-0.4, -0.2) is 27.8 Å². The molecule has 8 heteroatoms. The van der Waals surface area contributed by atoms with Crippen molar-refractivity contribution in [3.8, 4) is 11.1 Å². The van der Waals surface area contributed by atoms with Gasteiger partial charge in [0.1, 0.15) is 17.2 Å². The van der Waals surface area contributed by atoms with E-state index in [9.17, 15) is 23.5 Å². The van der Waals surface area contributed by atoms with Gasteiger partial charge in [-0.15, -0.1) is 0 Å². The maximum absolute atomic E-state index is 14.7. The number of aromatic nitrogens is 1. The summed E-state index contributed by atoms with van der Waals surface area (Å²) in [6, 6.07) is 3.33. The average molecular weight is 434 g/mol. The van der Waals surface area contributed by atoms with Gasteiger partial charge in [-0.05, 0) is 52.2 Å². The molecule has 0 aliphatic heterocycles. The SMILES string of the molecule is Cc1nc(CC(C)C)c(CNC(=O)OC(C)(C)C)c(-c2c(F)cccc2F)c1C(=O)O. The van der Waals surface area contributed by atoms with E-state index in [0.29, 0.717) is 12.1 Å². The third kappa shape index (κ3) is 5.99. The van der Waals surface area contributed by atoms with Gasteiger partial charge >= 0.3 is 12.1 Å². The fourth-order valence-corrected chi connectivity index (χ4v) is 3.30. The molecule has 0 saturated heterocycles. The predicted molar refractivity (Wildman–Crippen MR) is 113 cm³/mol. The number of pyridine rings is 1. The van der Waals surface area contributed by atoms with E-state index >= 15 is 0 Å². The number of nitrogens with zero attached hydrogens (tertiary/aromatic N) is 1. The second-order valence-corrected chi connectivity index (χ2v) is 8.73. The van der Waals surface area contributed by atoms with Crippen LogP contribution in [-0.2, 0) is 17.7 Å². The van der Waals surface area contributed by atoms with E-state index < -0.39 is 34.9 Å². The third-order valence-corrected chi connectivity index (χ3v) is 4.40. The fourth-order valence-electron chi connectivity index (χ4n) is 3.30. The number of nitrogens with one attached hydrogen (secondary N) is 1. The minimum atomic E-state index is -1.36. The molecule has 0 saturated carbocycles. The topological polar surface area (TPSA) is 88.5 Å². The van der Waals surface area contributed by atoms with Crippen molar-refractivity contribution in [2.75, 3.05) is 0 Å². The summed E-state index contributed by atoms with van der Waals surface area (Å²) >= 11 is 0. The van der Waals surface area contributed by atoms with Crippen LogP contribution in [0.4, 0.5) is 13.6 Å². The number of carboxylic acids is 1. The monoisotopic (exact) mass is 434 g/mol. The van der Waals surface area contributed by atoms with Gasteiger partial charge in [0.05, 0.1) is 16.8 Å².